The third-order valence-corrected chi connectivity index (χ3v) is 2.26. The summed E-state index contributed by atoms with van der Waals surface area (Å²) in [7, 11) is -1.48. The van der Waals surface area contributed by atoms with E-state index in [1.54, 1.807) is 0 Å². The lowest BCUT2D eigenvalue weighted by Gasteiger charge is -2.16. The van der Waals surface area contributed by atoms with Crippen LogP contribution in [0, 0.1) is 0 Å². The second-order valence-corrected chi connectivity index (χ2v) is 8.19. The first-order chi connectivity index (χ1) is 5.95. The summed E-state index contributed by atoms with van der Waals surface area (Å²) in [6.07, 6.45) is 1.16. The zero-order chi connectivity index (χ0) is 10.3. The topological polar surface area (TPSA) is 35.5 Å². The number of hydrogen-bond acceptors (Lipinski definition) is 3. The molecule has 0 aliphatic rings. The molecule has 3 nitrogen and oxygen atoms in total. The van der Waals surface area contributed by atoms with Crippen molar-refractivity contribution < 1.29 is 14.0 Å². The summed E-state index contributed by atoms with van der Waals surface area (Å²) in [5.74, 6) is -0.436. The Labute approximate surface area is 84.8 Å². The molecule has 0 heterocycles. The summed E-state index contributed by atoms with van der Waals surface area (Å²) in [5.41, 5.74) is 1.13. The number of rotatable bonds is 5. The van der Waals surface area contributed by atoms with E-state index >= 15 is 0 Å². The summed E-state index contributed by atoms with van der Waals surface area (Å²) in [6.45, 7) is 6.97. The van der Waals surface area contributed by atoms with Crippen LogP contribution in [0.5, 0.6) is 0 Å². The van der Waals surface area contributed by atoms with E-state index in [0.717, 1.165) is 11.6 Å². The quantitative estimate of drug-likeness (QED) is 0.310. The van der Waals surface area contributed by atoms with Gasteiger partial charge in [-0.15, -0.1) is 0 Å². The maximum absolute atomic E-state index is 10.7. The molecule has 0 saturated heterocycles. The minimum Gasteiger partial charge on any atom is -0.460 e. The lowest BCUT2D eigenvalue weighted by molar-refractivity contribution is -0.138. The highest BCUT2D eigenvalue weighted by Crippen LogP contribution is 2.01. The van der Waals surface area contributed by atoms with Gasteiger partial charge >= 0.3 is 5.97 Å². The van der Waals surface area contributed by atoms with Crippen molar-refractivity contribution >= 4 is 25.9 Å². The smallest absolute Gasteiger partial charge is 0.331 e. The van der Waals surface area contributed by atoms with Crippen molar-refractivity contribution in [1.29, 1.82) is 0 Å². The van der Waals surface area contributed by atoms with Crippen LogP contribution in [-0.4, -0.2) is 27.5 Å². The highest BCUT2D eigenvalue weighted by atomic mass is 35.5. The third kappa shape index (κ3) is 9.59. The molecule has 0 aromatic carbocycles. The zero-order valence-corrected chi connectivity index (χ0v) is 9.93. The Hall–Kier alpha value is -0.323. The third-order valence-electron chi connectivity index (χ3n) is 1.06. The molecule has 0 bridgehead atoms. The molecule has 76 valence electrons. The van der Waals surface area contributed by atoms with Gasteiger partial charge in [0.1, 0.15) is 6.61 Å². The molecule has 0 saturated carbocycles. The minimum absolute atomic E-state index is 0.282. The number of hydrogen-bond donors (Lipinski definition) is 0. The van der Waals surface area contributed by atoms with Crippen molar-refractivity contribution in [3.05, 3.63) is 11.6 Å². The Morgan fingerprint density at radius 3 is 2.46 bits per heavy atom. The average Bonchev–Trinajstić information content (AvgIpc) is 1.97. The fourth-order valence-electron chi connectivity index (χ4n) is 0.590. The minimum atomic E-state index is -1.48. The van der Waals surface area contributed by atoms with Gasteiger partial charge < -0.3 is 9.16 Å². The second kappa shape index (κ2) is 6.18. The molecular weight excluding hydrogens is 208 g/mol. The molecule has 0 spiro atoms. The van der Waals surface area contributed by atoms with Gasteiger partial charge in [0.25, 0.3) is 0 Å². The Morgan fingerprint density at radius 1 is 1.38 bits per heavy atom. The standard InChI is InChI=1S/C8H15ClO3Si/c1-13(2,3)12-7-6-11-8(10)4-5-9/h4-5H,6-7H2,1-3H3. The Balaban J connectivity index is 3.41. The van der Waals surface area contributed by atoms with Crippen molar-refractivity contribution in [2.45, 2.75) is 19.6 Å². The molecular formula is C8H15ClO3Si. The van der Waals surface area contributed by atoms with E-state index in [1.807, 2.05) is 0 Å². The molecule has 0 aromatic heterocycles. The van der Waals surface area contributed by atoms with Crippen LogP contribution in [0.3, 0.4) is 0 Å². The van der Waals surface area contributed by atoms with Crippen molar-refractivity contribution in [2.75, 3.05) is 13.2 Å². The molecule has 0 N–H and O–H groups in total. The van der Waals surface area contributed by atoms with Gasteiger partial charge in [0, 0.05) is 11.6 Å². The monoisotopic (exact) mass is 222 g/mol. The fourth-order valence-corrected chi connectivity index (χ4v) is 1.39. The summed E-state index contributed by atoms with van der Waals surface area (Å²) in [4.78, 5) is 10.7. The van der Waals surface area contributed by atoms with Crippen LogP contribution in [0.4, 0.5) is 0 Å². The van der Waals surface area contributed by atoms with Crippen molar-refractivity contribution in [3.8, 4) is 0 Å². The van der Waals surface area contributed by atoms with E-state index in [2.05, 4.69) is 19.6 Å². The van der Waals surface area contributed by atoms with Crippen molar-refractivity contribution in [2.24, 2.45) is 0 Å². The second-order valence-electron chi connectivity index (χ2n) is 3.42. The van der Waals surface area contributed by atoms with Gasteiger partial charge in [0.05, 0.1) is 6.61 Å². The van der Waals surface area contributed by atoms with Crippen LogP contribution in [0.25, 0.3) is 0 Å². The van der Waals surface area contributed by atoms with Crippen LogP contribution in [0.15, 0.2) is 11.6 Å². The first-order valence-corrected chi connectivity index (χ1v) is 7.87. The SMILES string of the molecule is C[Si](C)(C)OCCOC(=O)C=CCl. The summed E-state index contributed by atoms with van der Waals surface area (Å²) in [5, 5.41) is 0. The molecule has 0 aromatic rings. The predicted molar refractivity (Wildman–Crippen MR) is 55.3 cm³/mol. The molecule has 0 aliphatic heterocycles. The predicted octanol–water partition coefficient (Wildman–Crippen LogP) is 2.13. The van der Waals surface area contributed by atoms with Crippen molar-refractivity contribution in [1.82, 2.24) is 0 Å². The van der Waals surface area contributed by atoms with Crippen LogP contribution in [0.2, 0.25) is 19.6 Å². The maximum atomic E-state index is 10.7. The number of carbonyl (C=O) groups is 1. The van der Waals surface area contributed by atoms with Gasteiger partial charge in [-0.05, 0) is 19.6 Å². The molecule has 0 radical (unpaired) electrons. The van der Waals surface area contributed by atoms with Gasteiger partial charge in [-0.1, -0.05) is 11.6 Å². The Morgan fingerprint density at radius 2 is 2.00 bits per heavy atom. The van der Waals surface area contributed by atoms with Crippen LogP contribution < -0.4 is 0 Å². The molecule has 0 unspecified atom stereocenters. The van der Waals surface area contributed by atoms with Gasteiger partial charge in [-0.25, -0.2) is 4.79 Å². The molecule has 0 amide bonds. The molecule has 0 rings (SSSR count). The fraction of sp³-hybridized carbons (Fsp3) is 0.625. The zero-order valence-electron chi connectivity index (χ0n) is 8.17. The summed E-state index contributed by atoms with van der Waals surface area (Å²) < 4.78 is 10.2. The maximum Gasteiger partial charge on any atom is 0.331 e. The molecule has 5 heteroatoms. The number of carbonyl (C=O) groups excluding carboxylic acids is 1. The number of halogens is 1. The molecule has 0 atom stereocenters. The van der Waals surface area contributed by atoms with Crippen LogP contribution in [0.1, 0.15) is 0 Å². The van der Waals surface area contributed by atoms with E-state index in [4.69, 9.17) is 20.8 Å². The van der Waals surface area contributed by atoms with E-state index in [0.29, 0.717) is 6.61 Å². The number of esters is 1. The first-order valence-electron chi connectivity index (χ1n) is 4.03. The van der Waals surface area contributed by atoms with E-state index < -0.39 is 14.3 Å². The van der Waals surface area contributed by atoms with E-state index in [9.17, 15) is 4.79 Å². The largest absolute Gasteiger partial charge is 0.460 e. The Kier molecular flexibility index (Phi) is 6.03. The molecule has 0 aliphatic carbocycles. The van der Waals surface area contributed by atoms with E-state index in [-0.39, 0.29) is 6.61 Å². The average molecular weight is 223 g/mol. The van der Waals surface area contributed by atoms with Crippen LogP contribution in [-0.2, 0) is 14.0 Å². The molecule has 0 fully saturated rings. The van der Waals surface area contributed by atoms with E-state index in [1.165, 1.54) is 0 Å². The summed E-state index contributed by atoms with van der Waals surface area (Å²) >= 11 is 5.18. The highest BCUT2D eigenvalue weighted by Gasteiger charge is 2.13. The molecule has 13 heavy (non-hydrogen) atoms. The number of ether oxygens (including phenoxy) is 1. The van der Waals surface area contributed by atoms with Crippen molar-refractivity contribution in [3.63, 3.8) is 0 Å². The van der Waals surface area contributed by atoms with Crippen LogP contribution >= 0.6 is 11.6 Å². The van der Waals surface area contributed by atoms with Gasteiger partial charge in [-0.3, -0.25) is 0 Å². The van der Waals surface area contributed by atoms with Gasteiger partial charge in [0.15, 0.2) is 8.32 Å². The lowest BCUT2D eigenvalue weighted by Crippen LogP contribution is -2.27. The van der Waals surface area contributed by atoms with Gasteiger partial charge in [-0.2, -0.15) is 0 Å². The summed E-state index contributed by atoms with van der Waals surface area (Å²) in [6, 6.07) is 0. The highest BCUT2D eigenvalue weighted by molar-refractivity contribution is 6.69. The lowest BCUT2D eigenvalue weighted by atomic mass is 10.6. The first kappa shape index (κ1) is 12.7. The van der Waals surface area contributed by atoms with Gasteiger partial charge in [0.2, 0.25) is 0 Å². The Bertz CT molecular complexity index is 186. The normalized spacial score (nSPS) is 12.0.